The molecule has 1 aliphatic heterocycles. The number of ether oxygens (including phenoxy) is 5. The molecule has 220 valence electrons. The van der Waals surface area contributed by atoms with Crippen molar-refractivity contribution in [3.05, 3.63) is 12.2 Å². The molecule has 2 aliphatic rings. The first-order chi connectivity index (χ1) is 18.2. The Morgan fingerprint density at radius 1 is 1.11 bits per heavy atom. The van der Waals surface area contributed by atoms with Crippen LogP contribution in [0.2, 0.25) is 0 Å². The standard InChI is InChI=1S/C30H52O8/c1-6-7-19-30(3,35-5)27(32)18-17-24-23(14-10-8-9-11-15-28(33)34-4)25(37-22(2)31)21-26(24)38-29-16-12-13-20-36-29/h17-18,23-27,29,32H,6-16,19-21H2,1-5H3/b18-17+/t23-,24-,25?,26-,27?,29?,30?/m1/s1. The fourth-order valence-corrected chi connectivity index (χ4v) is 5.68. The third-order valence-electron chi connectivity index (χ3n) is 8.18. The maximum absolute atomic E-state index is 12.0. The summed E-state index contributed by atoms with van der Waals surface area (Å²) in [6.45, 7) is 6.22. The lowest BCUT2D eigenvalue weighted by Gasteiger charge is -2.33. The molecule has 8 nitrogen and oxygen atoms in total. The van der Waals surface area contributed by atoms with Crippen LogP contribution in [0.5, 0.6) is 0 Å². The van der Waals surface area contributed by atoms with Gasteiger partial charge in [-0.2, -0.15) is 0 Å². The van der Waals surface area contributed by atoms with Gasteiger partial charge in [0, 0.05) is 45.3 Å². The molecular weight excluding hydrogens is 488 g/mol. The highest BCUT2D eigenvalue weighted by Gasteiger charge is 2.45. The summed E-state index contributed by atoms with van der Waals surface area (Å²) in [5.41, 5.74) is -0.668. The van der Waals surface area contributed by atoms with E-state index >= 15 is 0 Å². The van der Waals surface area contributed by atoms with Gasteiger partial charge in [0.2, 0.25) is 0 Å². The monoisotopic (exact) mass is 540 g/mol. The molecule has 4 unspecified atom stereocenters. The lowest BCUT2D eigenvalue weighted by molar-refractivity contribution is -0.193. The molecule has 2 fully saturated rings. The molecule has 0 aromatic heterocycles. The highest BCUT2D eigenvalue weighted by molar-refractivity contribution is 5.69. The second-order valence-corrected chi connectivity index (χ2v) is 11.1. The van der Waals surface area contributed by atoms with Crippen molar-refractivity contribution in [2.24, 2.45) is 11.8 Å². The van der Waals surface area contributed by atoms with Gasteiger partial charge in [-0.3, -0.25) is 9.59 Å². The quantitative estimate of drug-likeness (QED) is 0.147. The first kappa shape index (κ1) is 32.7. The van der Waals surface area contributed by atoms with E-state index in [4.69, 9.17) is 23.7 Å². The van der Waals surface area contributed by atoms with Gasteiger partial charge >= 0.3 is 11.9 Å². The summed E-state index contributed by atoms with van der Waals surface area (Å²) in [5.74, 6) is -0.420. The van der Waals surface area contributed by atoms with Crippen molar-refractivity contribution in [2.45, 2.75) is 134 Å². The van der Waals surface area contributed by atoms with Crippen molar-refractivity contribution in [3.63, 3.8) is 0 Å². The molecule has 0 aromatic rings. The lowest BCUT2D eigenvalue weighted by atomic mass is 9.86. The topological polar surface area (TPSA) is 101 Å². The summed E-state index contributed by atoms with van der Waals surface area (Å²) >= 11 is 0. The third kappa shape index (κ3) is 10.6. The van der Waals surface area contributed by atoms with Crippen LogP contribution in [0.15, 0.2) is 12.2 Å². The first-order valence-corrected chi connectivity index (χ1v) is 14.7. The van der Waals surface area contributed by atoms with Gasteiger partial charge in [-0.25, -0.2) is 0 Å². The normalized spacial score (nSPS) is 28.2. The summed E-state index contributed by atoms with van der Waals surface area (Å²) in [4.78, 5) is 23.4. The molecule has 2 rings (SSSR count). The van der Waals surface area contributed by atoms with Gasteiger partial charge in [-0.15, -0.1) is 0 Å². The van der Waals surface area contributed by atoms with Crippen LogP contribution in [-0.2, 0) is 33.3 Å². The van der Waals surface area contributed by atoms with Crippen molar-refractivity contribution in [3.8, 4) is 0 Å². The predicted octanol–water partition coefficient (Wildman–Crippen LogP) is 5.49. The van der Waals surface area contributed by atoms with Crippen molar-refractivity contribution in [1.82, 2.24) is 0 Å². The van der Waals surface area contributed by atoms with E-state index in [1.807, 2.05) is 13.0 Å². The average molecular weight is 541 g/mol. The van der Waals surface area contributed by atoms with E-state index < -0.39 is 11.7 Å². The third-order valence-corrected chi connectivity index (χ3v) is 8.18. The Hall–Kier alpha value is -1.48. The van der Waals surface area contributed by atoms with Crippen LogP contribution in [-0.4, -0.2) is 68.1 Å². The molecular formula is C30H52O8. The first-order valence-electron chi connectivity index (χ1n) is 14.7. The molecule has 1 saturated carbocycles. The summed E-state index contributed by atoms with van der Waals surface area (Å²) < 4.78 is 28.6. The molecule has 38 heavy (non-hydrogen) atoms. The van der Waals surface area contributed by atoms with Gasteiger partial charge in [0.15, 0.2) is 6.29 Å². The SMILES string of the molecule is CCCCC(C)(OC)C(O)/C=C/[C@H]1[C@H](OC2CCCCO2)CC(OC(C)=O)[C@@H]1CCCCCCC(=O)OC. The molecule has 8 heteroatoms. The molecule has 0 amide bonds. The number of aliphatic hydroxyl groups is 1. The average Bonchev–Trinajstić information content (AvgIpc) is 3.22. The second kappa shape index (κ2) is 17.3. The second-order valence-electron chi connectivity index (χ2n) is 11.1. The minimum atomic E-state index is -0.766. The van der Waals surface area contributed by atoms with Gasteiger partial charge in [-0.05, 0) is 45.4 Å². The zero-order chi connectivity index (χ0) is 28.0. The Morgan fingerprint density at radius 2 is 1.87 bits per heavy atom. The van der Waals surface area contributed by atoms with Crippen LogP contribution in [0.25, 0.3) is 0 Å². The van der Waals surface area contributed by atoms with Gasteiger partial charge < -0.3 is 28.8 Å². The number of hydrogen-bond donors (Lipinski definition) is 1. The number of esters is 2. The van der Waals surface area contributed by atoms with E-state index in [0.717, 1.165) is 70.6 Å². The largest absolute Gasteiger partial charge is 0.469 e. The number of hydrogen-bond acceptors (Lipinski definition) is 8. The maximum Gasteiger partial charge on any atom is 0.305 e. The lowest BCUT2D eigenvalue weighted by Crippen LogP contribution is -2.40. The summed E-state index contributed by atoms with van der Waals surface area (Å²) in [6.07, 6.45) is 13.8. The number of aliphatic hydroxyl groups excluding tert-OH is 1. The van der Waals surface area contributed by atoms with Crippen molar-refractivity contribution in [2.75, 3.05) is 20.8 Å². The molecule has 1 N–H and O–H groups in total. The summed E-state index contributed by atoms with van der Waals surface area (Å²) in [5, 5.41) is 11.1. The van der Waals surface area contributed by atoms with Crippen LogP contribution in [0.4, 0.5) is 0 Å². The smallest absolute Gasteiger partial charge is 0.305 e. The number of rotatable bonds is 17. The maximum atomic E-state index is 12.0. The van der Waals surface area contributed by atoms with Crippen molar-refractivity contribution < 1.29 is 38.4 Å². The van der Waals surface area contributed by atoms with Gasteiger partial charge in [0.1, 0.15) is 12.2 Å². The Bertz CT molecular complexity index is 719. The summed E-state index contributed by atoms with van der Waals surface area (Å²) in [6, 6.07) is 0. The molecule has 1 saturated heterocycles. The molecule has 1 aliphatic carbocycles. The van der Waals surface area contributed by atoms with Crippen LogP contribution >= 0.6 is 0 Å². The Labute approximate surface area is 229 Å². The molecule has 7 atom stereocenters. The Balaban J connectivity index is 2.16. The van der Waals surface area contributed by atoms with Crippen LogP contribution < -0.4 is 0 Å². The van der Waals surface area contributed by atoms with Gasteiger partial charge in [-0.1, -0.05) is 51.2 Å². The fraction of sp³-hybridized carbons (Fsp3) is 0.867. The highest BCUT2D eigenvalue weighted by Crippen LogP contribution is 2.42. The molecule has 0 bridgehead atoms. The van der Waals surface area contributed by atoms with E-state index in [9.17, 15) is 14.7 Å². The van der Waals surface area contributed by atoms with E-state index in [1.54, 1.807) is 7.11 Å². The van der Waals surface area contributed by atoms with E-state index in [0.29, 0.717) is 19.4 Å². The fourth-order valence-electron chi connectivity index (χ4n) is 5.68. The van der Waals surface area contributed by atoms with E-state index in [-0.39, 0.29) is 42.3 Å². The van der Waals surface area contributed by atoms with Crippen LogP contribution in [0, 0.1) is 11.8 Å². The van der Waals surface area contributed by atoms with Crippen molar-refractivity contribution in [1.29, 1.82) is 0 Å². The van der Waals surface area contributed by atoms with Crippen molar-refractivity contribution >= 4 is 11.9 Å². The summed E-state index contributed by atoms with van der Waals surface area (Å²) in [7, 11) is 3.06. The number of unbranched alkanes of at least 4 members (excludes halogenated alkanes) is 4. The van der Waals surface area contributed by atoms with E-state index in [1.165, 1.54) is 14.0 Å². The number of carbonyl (C=O) groups excluding carboxylic acids is 2. The number of carbonyl (C=O) groups is 2. The van der Waals surface area contributed by atoms with E-state index in [2.05, 4.69) is 13.0 Å². The molecule has 0 aromatic carbocycles. The highest BCUT2D eigenvalue weighted by atomic mass is 16.7. The zero-order valence-corrected chi connectivity index (χ0v) is 24.3. The van der Waals surface area contributed by atoms with Crippen LogP contribution in [0.1, 0.15) is 104 Å². The molecule has 1 heterocycles. The zero-order valence-electron chi connectivity index (χ0n) is 24.3. The van der Waals surface area contributed by atoms with Gasteiger partial charge in [0.05, 0.1) is 18.8 Å². The minimum absolute atomic E-state index is 0.0260. The minimum Gasteiger partial charge on any atom is -0.469 e. The predicted molar refractivity (Wildman–Crippen MR) is 145 cm³/mol. The van der Waals surface area contributed by atoms with Crippen LogP contribution in [0.3, 0.4) is 0 Å². The molecule has 0 spiro atoms. The Morgan fingerprint density at radius 3 is 2.50 bits per heavy atom. The molecule has 0 radical (unpaired) electrons. The number of methoxy groups -OCH3 is 2. The van der Waals surface area contributed by atoms with Gasteiger partial charge in [0.25, 0.3) is 0 Å². The Kier molecular flexibility index (Phi) is 14.9.